The van der Waals surface area contributed by atoms with Crippen molar-refractivity contribution in [1.82, 2.24) is 0 Å². The van der Waals surface area contributed by atoms with E-state index in [1.54, 1.807) is 0 Å². The van der Waals surface area contributed by atoms with Crippen molar-refractivity contribution < 1.29 is 14.3 Å². The van der Waals surface area contributed by atoms with Gasteiger partial charge in [0.1, 0.15) is 5.78 Å². The fourth-order valence-corrected chi connectivity index (χ4v) is 2.19. The van der Waals surface area contributed by atoms with Crippen molar-refractivity contribution in [3.63, 3.8) is 0 Å². The van der Waals surface area contributed by atoms with Gasteiger partial charge in [0.25, 0.3) is 0 Å². The molecule has 0 radical (unpaired) electrons. The molecule has 0 spiro atoms. The van der Waals surface area contributed by atoms with Crippen LogP contribution in [0.15, 0.2) is 12.2 Å². The van der Waals surface area contributed by atoms with Crippen LogP contribution in [0.3, 0.4) is 0 Å². The zero-order valence-electron chi connectivity index (χ0n) is 8.23. The Morgan fingerprint density at radius 3 is 2.86 bits per heavy atom. The third-order valence-corrected chi connectivity index (χ3v) is 2.94. The van der Waals surface area contributed by atoms with Crippen molar-refractivity contribution in [2.75, 3.05) is 6.61 Å². The molecule has 3 atom stereocenters. The van der Waals surface area contributed by atoms with Crippen molar-refractivity contribution in [2.45, 2.75) is 19.8 Å². The average Bonchev–Trinajstić information content (AvgIpc) is 2.71. The van der Waals surface area contributed by atoms with Crippen LogP contribution in [0.25, 0.3) is 0 Å². The minimum absolute atomic E-state index is 0.0147. The Balaban J connectivity index is 1.98. The van der Waals surface area contributed by atoms with Gasteiger partial charge in [0.2, 0.25) is 0 Å². The van der Waals surface area contributed by atoms with E-state index in [9.17, 15) is 9.59 Å². The number of hydrogen-bond donors (Lipinski definition) is 0. The molecule has 0 saturated heterocycles. The number of allylic oxidation sites excluding steroid dienone is 2. The second-order valence-electron chi connectivity index (χ2n) is 3.93. The third kappa shape index (κ3) is 1.37. The molecule has 0 N–H and O–H groups in total. The highest BCUT2D eigenvalue weighted by Gasteiger charge is 2.47. The number of Topliss-reactive ketones (excluding diaryl/α,β-unsaturated/α-hetero) is 1. The summed E-state index contributed by atoms with van der Waals surface area (Å²) in [7, 11) is 0. The summed E-state index contributed by atoms with van der Waals surface area (Å²) in [6, 6.07) is 0. The molecule has 3 unspecified atom stereocenters. The summed E-state index contributed by atoms with van der Waals surface area (Å²) in [5, 5.41) is 0. The van der Waals surface area contributed by atoms with Crippen molar-refractivity contribution in [3.05, 3.63) is 12.2 Å². The van der Waals surface area contributed by atoms with E-state index in [0.717, 1.165) is 6.42 Å². The maximum atomic E-state index is 11.5. The van der Waals surface area contributed by atoms with Crippen molar-refractivity contribution in [1.29, 1.82) is 0 Å². The van der Waals surface area contributed by atoms with Gasteiger partial charge in [0.15, 0.2) is 0 Å². The first-order chi connectivity index (χ1) is 6.74. The van der Waals surface area contributed by atoms with Crippen molar-refractivity contribution in [3.8, 4) is 0 Å². The van der Waals surface area contributed by atoms with Crippen LogP contribution in [-0.4, -0.2) is 18.4 Å². The zero-order valence-corrected chi connectivity index (χ0v) is 8.23. The zero-order chi connectivity index (χ0) is 10.1. The van der Waals surface area contributed by atoms with Gasteiger partial charge in [-0.3, -0.25) is 9.59 Å². The van der Waals surface area contributed by atoms with Crippen molar-refractivity contribution in [2.24, 2.45) is 17.8 Å². The fraction of sp³-hybridized carbons (Fsp3) is 0.636. The fourth-order valence-electron chi connectivity index (χ4n) is 2.19. The van der Waals surface area contributed by atoms with E-state index in [1.165, 1.54) is 0 Å². The predicted octanol–water partition coefficient (Wildman–Crippen LogP) is 1.33. The Morgan fingerprint density at radius 2 is 2.36 bits per heavy atom. The molecule has 1 saturated carbocycles. The molecule has 3 nitrogen and oxygen atoms in total. The molecular formula is C11H14O3. The van der Waals surface area contributed by atoms with E-state index < -0.39 is 0 Å². The van der Waals surface area contributed by atoms with Gasteiger partial charge in [-0.2, -0.15) is 0 Å². The molecule has 76 valence electrons. The van der Waals surface area contributed by atoms with Crippen molar-refractivity contribution >= 4 is 11.8 Å². The number of ether oxygens (including phenoxy) is 1. The molecule has 2 aliphatic rings. The standard InChI is InChI=1S/C11H14O3/c1-2-5-14-11(13)9-6-7-3-4-8(9)10(7)12/h3-4,7-9H,2,5-6H2,1H3. The highest BCUT2D eigenvalue weighted by Crippen LogP contribution is 2.41. The summed E-state index contributed by atoms with van der Waals surface area (Å²) >= 11 is 0. The topological polar surface area (TPSA) is 43.4 Å². The first-order valence-electron chi connectivity index (χ1n) is 5.12. The van der Waals surface area contributed by atoms with E-state index in [2.05, 4.69) is 0 Å². The van der Waals surface area contributed by atoms with Crippen LogP contribution < -0.4 is 0 Å². The molecule has 0 aromatic rings. The third-order valence-electron chi connectivity index (χ3n) is 2.94. The molecular weight excluding hydrogens is 180 g/mol. The number of carbonyl (C=O) groups excluding carboxylic acids is 2. The number of rotatable bonds is 3. The van der Waals surface area contributed by atoms with Crippen LogP contribution >= 0.6 is 0 Å². The van der Waals surface area contributed by atoms with Gasteiger partial charge in [-0.25, -0.2) is 0 Å². The van der Waals surface area contributed by atoms with Crippen LogP contribution in [0.2, 0.25) is 0 Å². The molecule has 0 aliphatic heterocycles. The average molecular weight is 194 g/mol. The van der Waals surface area contributed by atoms with Crippen LogP contribution in [-0.2, 0) is 14.3 Å². The van der Waals surface area contributed by atoms with Crippen LogP contribution in [0, 0.1) is 17.8 Å². The predicted molar refractivity (Wildman–Crippen MR) is 50.5 cm³/mol. The first kappa shape index (κ1) is 9.44. The molecule has 2 rings (SSSR count). The normalized spacial score (nSPS) is 33.8. The van der Waals surface area contributed by atoms with Crippen LogP contribution in [0.5, 0.6) is 0 Å². The Kier molecular flexibility index (Phi) is 2.40. The molecule has 14 heavy (non-hydrogen) atoms. The Labute approximate surface area is 83.1 Å². The monoisotopic (exact) mass is 194 g/mol. The summed E-state index contributed by atoms with van der Waals surface area (Å²) in [5.74, 6) is -0.409. The van der Waals surface area contributed by atoms with E-state index in [0.29, 0.717) is 13.0 Å². The quantitative estimate of drug-likeness (QED) is 0.503. The lowest BCUT2D eigenvalue weighted by atomic mass is 9.94. The minimum atomic E-state index is -0.205. The number of hydrogen-bond acceptors (Lipinski definition) is 3. The maximum absolute atomic E-state index is 11.5. The smallest absolute Gasteiger partial charge is 0.310 e. The van der Waals surface area contributed by atoms with Crippen LogP contribution in [0.1, 0.15) is 19.8 Å². The number of esters is 1. The lowest BCUT2D eigenvalue weighted by molar-refractivity contribution is -0.150. The van der Waals surface area contributed by atoms with Gasteiger partial charge in [-0.15, -0.1) is 0 Å². The minimum Gasteiger partial charge on any atom is -0.465 e. The van der Waals surface area contributed by atoms with Gasteiger partial charge in [-0.1, -0.05) is 19.1 Å². The number of fused-ring (bicyclic) bond motifs is 2. The molecule has 2 aliphatic carbocycles. The summed E-state index contributed by atoms with van der Waals surface area (Å²) in [5.41, 5.74) is 0. The highest BCUT2D eigenvalue weighted by atomic mass is 16.5. The van der Waals surface area contributed by atoms with E-state index in [4.69, 9.17) is 4.74 Å². The second-order valence-corrected chi connectivity index (χ2v) is 3.93. The molecule has 0 aromatic carbocycles. The summed E-state index contributed by atoms with van der Waals surface area (Å²) in [4.78, 5) is 23.0. The lowest BCUT2D eigenvalue weighted by Gasteiger charge is -2.14. The largest absolute Gasteiger partial charge is 0.465 e. The van der Waals surface area contributed by atoms with E-state index in [1.807, 2.05) is 19.1 Å². The Bertz CT molecular complexity index is 293. The maximum Gasteiger partial charge on any atom is 0.310 e. The van der Waals surface area contributed by atoms with E-state index >= 15 is 0 Å². The van der Waals surface area contributed by atoms with Gasteiger partial charge in [0.05, 0.1) is 12.5 Å². The summed E-state index contributed by atoms with van der Waals surface area (Å²) in [6.07, 6.45) is 5.25. The van der Waals surface area contributed by atoms with Gasteiger partial charge in [0, 0.05) is 11.8 Å². The molecule has 1 fully saturated rings. The molecule has 0 amide bonds. The molecule has 3 heteroatoms. The van der Waals surface area contributed by atoms with E-state index in [-0.39, 0.29) is 29.5 Å². The molecule has 2 bridgehead atoms. The Hall–Kier alpha value is -1.12. The van der Waals surface area contributed by atoms with Gasteiger partial charge < -0.3 is 4.74 Å². The lowest BCUT2D eigenvalue weighted by Crippen LogP contribution is -2.23. The summed E-state index contributed by atoms with van der Waals surface area (Å²) in [6.45, 7) is 2.42. The Morgan fingerprint density at radius 1 is 1.57 bits per heavy atom. The molecule has 0 aromatic heterocycles. The van der Waals surface area contributed by atoms with Gasteiger partial charge >= 0.3 is 5.97 Å². The first-order valence-corrected chi connectivity index (χ1v) is 5.12. The molecule has 0 heterocycles. The van der Waals surface area contributed by atoms with Crippen LogP contribution in [0.4, 0.5) is 0 Å². The second kappa shape index (κ2) is 3.56. The number of carbonyl (C=O) groups is 2. The van der Waals surface area contributed by atoms with Gasteiger partial charge in [-0.05, 0) is 12.8 Å². The highest BCUT2D eigenvalue weighted by molar-refractivity contribution is 5.96. The summed E-state index contributed by atoms with van der Waals surface area (Å²) < 4.78 is 5.05. The SMILES string of the molecule is CCCOC(=O)C1CC2C=CC1C2=O. The number of ketones is 1.